The molecule has 1 saturated heterocycles. The Balaban J connectivity index is 1.46. The van der Waals surface area contributed by atoms with Crippen molar-refractivity contribution in [3.05, 3.63) is 63.7 Å². The fourth-order valence-corrected chi connectivity index (χ4v) is 3.61. The second-order valence-corrected chi connectivity index (χ2v) is 7.00. The molecule has 0 atom stereocenters. The molecule has 4 rings (SSSR count). The van der Waals surface area contributed by atoms with Gasteiger partial charge < -0.3 is 9.30 Å². The molecule has 0 saturated carbocycles. The monoisotopic (exact) mass is 386 g/mol. The minimum absolute atomic E-state index is 0.0585. The SMILES string of the molecule is O=[N+]([O-])c1cccnc1N1CCCN(Cc2cn3cc(Cl)ccc3n2)CC1. The van der Waals surface area contributed by atoms with Gasteiger partial charge in [0.25, 0.3) is 0 Å². The molecule has 0 N–H and O–H groups in total. The van der Waals surface area contributed by atoms with Gasteiger partial charge in [0, 0.05) is 57.4 Å². The van der Waals surface area contributed by atoms with E-state index in [4.69, 9.17) is 11.6 Å². The first kappa shape index (κ1) is 17.7. The summed E-state index contributed by atoms with van der Waals surface area (Å²) in [5.74, 6) is 0.451. The molecular weight excluding hydrogens is 368 g/mol. The van der Waals surface area contributed by atoms with Crippen LogP contribution in [0.5, 0.6) is 0 Å². The topological polar surface area (TPSA) is 79.8 Å². The molecule has 0 aliphatic carbocycles. The van der Waals surface area contributed by atoms with Gasteiger partial charge in [-0.15, -0.1) is 0 Å². The van der Waals surface area contributed by atoms with E-state index in [2.05, 4.69) is 14.9 Å². The molecule has 8 nitrogen and oxygen atoms in total. The number of imidazole rings is 1. The molecule has 0 bridgehead atoms. The van der Waals surface area contributed by atoms with Crippen molar-refractivity contribution in [2.24, 2.45) is 0 Å². The van der Waals surface area contributed by atoms with Gasteiger partial charge in [-0.05, 0) is 24.6 Å². The van der Waals surface area contributed by atoms with Crippen LogP contribution in [-0.4, -0.2) is 50.4 Å². The van der Waals surface area contributed by atoms with Gasteiger partial charge in [0.05, 0.1) is 15.6 Å². The zero-order valence-corrected chi connectivity index (χ0v) is 15.4. The Bertz CT molecular complexity index is 975. The molecule has 1 aliphatic heterocycles. The second-order valence-electron chi connectivity index (χ2n) is 6.57. The lowest BCUT2D eigenvalue weighted by Gasteiger charge is -2.22. The molecule has 4 heterocycles. The Hall–Kier alpha value is -2.71. The van der Waals surface area contributed by atoms with Crippen molar-refractivity contribution in [3.8, 4) is 0 Å². The van der Waals surface area contributed by atoms with Crippen LogP contribution < -0.4 is 4.90 Å². The summed E-state index contributed by atoms with van der Waals surface area (Å²) in [4.78, 5) is 24.1. The summed E-state index contributed by atoms with van der Waals surface area (Å²) >= 11 is 6.03. The van der Waals surface area contributed by atoms with Gasteiger partial charge >= 0.3 is 5.69 Å². The van der Waals surface area contributed by atoms with Crippen LogP contribution in [0.15, 0.2) is 42.9 Å². The molecule has 0 aromatic carbocycles. The van der Waals surface area contributed by atoms with E-state index in [1.807, 2.05) is 33.8 Å². The van der Waals surface area contributed by atoms with Crippen LogP contribution >= 0.6 is 11.6 Å². The van der Waals surface area contributed by atoms with Gasteiger partial charge in [-0.3, -0.25) is 15.0 Å². The van der Waals surface area contributed by atoms with Gasteiger partial charge in [0.2, 0.25) is 5.82 Å². The van der Waals surface area contributed by atoms with Crippen LogP contribution in [0, 0.1) is 10.1 Å². The minimum atomic E-state index is -0.368. The highest BCUT2D eigenvalue weighted by atomic mass is 35.5. The van der Waals surface area contributed by atoms with Crippen molar-refractivity contribution in [1.82, 2.24) is 19.3 Å². The summed E-state index contributed by atoms with van der Waals surface area (Å²) < 4.78 is 1.93. The van der Waals surface area contributed by atoms with E-state index in [1.54, 1.807) is 12.3 Å². The summed E-state index contributed by atoms with van der Waals surface area (Å²) in [6, 6.07) is 6.83. The fourth-order valence-electron chi connectivity index (χ4n) is 3.44. The smallest absolute Gasteiger partial charge is 0.311 e. The van der Waals surface area contributed by atoms with Crippen LogP contribution in [0.25, 0.3) is 5.65 Å². The summed E-state index contributed by atoms with van der Waals surface area (Å²) in [6.07, 6.45) is 6.35. The van der Waals surface area contributed by atoms with Gasteiger partial charge in [-0.1, -0.05) is 11.6 Å². The van der Waals surface area contributed by atoms with Crippen molar-refractivity contribution in [3.63, 3.8) is 0 Å². The van der Waals surface area contributed by atoms with E-state index >= 15 is 0 Å². The molecule has 3 aromatic heterocycles. The molecule has 0 amide bonds. The molecule has 0 spiro atoms. The van der Waals surface area contributed by atoms with Gasteiger partial charge in [0.1, 0.15) is 5.65 Å². The predicted octanol–water partition coefficient (Wildman–Crippen LogP) is 3.00. The fraction of sp³-hybridized carbons (Fsp3) is 0.333. The number of halogens is 1. The van der Waals surface area contributed by atoms with Gasteiger partial charge in [-0.25, -0.2) is 9.97 Å². The van der Waals surface area contributed by atoms with E-state index in [-0.39, 0.29) is 10.6 Å². The lowest BCUT2D eigenvalue weighted by atomic mass is 10.3. The standard InChI is InChI=1S/C18H19ClN6O2/c19-14-4-5-17-21-15(13-24(17)11-14)12-22-7-2-8-23(10-9-22)18-16(25(26)27)3-1-6-20-18/h1,3-6,11,13H,2,7-10,12H2. The Morgan fingerprint density at radius 1 is 1.15 bits per heavy atom. The molecule has 140 valence electrons. The number of pyridine rings is 2. The maximum atomic E-state index is 11.3. The molecule has 0 unspecified atom stereocenters. The molecular formula is C18H19ClN6O2. The third-order valence-electron chi connectivity index (χ3n) is 4.70. The van der Waals surface area contributed by atoms with Gasteiger partial charge in [-0.2, -0.15) is 0 Å². The average Bonchev–Trinajstić information content (AvgIpc) is 2.90. The number of rotatable bonds is 4. The lowest BCUT2D eigenvalue weighted by Crippen LogP contribution is -2.31. The summed E-state index contributed by atoms with van der Waals surface area (Å²) in [7, 11) is 0. The van der Waals surface area contributed by atoms with E-state index in [1.165, 1.54) is 6.07 Å². The molecule has 0 radical (unpaired) electrons. The number of hydrogen-bond acceptors (Lipinski definition) is 6. The molecule has 3 aromatic rings. The van der Waals surface area contributed by atoms with Crippen molar-refractivity contribution >= 4 is 28.8 Å². The molecule has 1 fully saturated rings. The van der Waals surface area contributed by atoms with E-state index in [0.717, 1.165) is 43.9 Å². The number of hydrogen-bond donors (Lipinski definition) is 0. The van der Waals surface area contributed by atoms with Crippen molar-refractivity contribution in [2.75, 3.05) is 31.1 Å². The Labute approximate surface area is 161 Å². The summed E-state index contributed by atoms with van der Waals surface area (Å²) in [5, 5.41) is 11.9. The Morgan fingerprint density at radius 3 is 2.89 bits per heavy atom. The van der Waals surface area contributed by atoms with E-state index in [9.17, 15) is 10.1 Å². The number of anilines is 1. The highest BCUT2D eigenvalue weighted by Crippen LogP contribution is 2.26. The van der Waals surface area contributed by atoms with E-state index < -0.39 is 0 Å². The number of nitro groups is 1. The lowest BCUT2D eigenvalue weighted by molar-refractivity contribution is -0.384. The van der Waals surface area contributed by atoms with Crippen molar-refractivity contribution in [2.45, 2.75) is 13.0 Å². The number of nitrogens with zero attached hydrogens (tertiary/aromatic N) is 6. The highest BCUT2D eigenvalue weighted by molar-refractivity contribution is 6.30. The van der Waals surface area contributed by atoms with E-state index in [0.29, 0.717) is 17.4 Å². The van der Waals surface area contributed by atoms with Crippen LogP contribution in [0.4, 0.5) is 11.5 Å². The highest BCUT2D eigenvalue weighted by Gasteiger charge is 2.23. The van der Waals surface area contributed by atoms with Crippen LogP contribution in [0.2, 0.25) is 5.02 Å². The zero-order valence-electron chi connectivity index (χ0n) is 14.7. The largest absolute Gasteiger partial charge is 0.350 e. The van der Waals surface area contributed by atoms with Crippen LogP contribution in [0.1, 0.15) is 12.1 Å². The first-order valence-corrected chi connectivity index (χ1v) is 9.18. The number of fused-ring (bicyclic) bond motifs is 1. The van der Waals surface area contributed by atoms with Crippen molar-refractivity contribution in [1.29, 1.82) is 0 Å². The van der Waals surface area contributed by atoms with Crippen LogP contribution in [0.3, 0.4) is 0 Å². The maximum absolute atomic E-state index is 11.3. The first-order valence-electron chi connectivity index (χ1n) is 8.80. The average molecular weight is 387 g/mol. The third kappa shape index (κ3) is 3.86. The quantitative estimate of drug-likeness (QED) is 0.506. The normalized spacial score (nSPS) is 15.8. The first-order chi connectivity index (χ1) is 13.1. The predicted molar refractivity (Wildman–Crippen MR) is 103 cm³/mol. The third-order valence-corrected chi connectivity index (χ3v) is 4.92. The summed E-state index contributed by atoms with van der Waals surface area (Å²) in [6.45, 7) is 3.87. The number of aromatic nitrogens is 3. The maximum Gasteiger partial charge on any atom is 0.311 e. The summed E-state index contributed by atoms with van der Waals surface area (Å²) in [5.41, 5.74) is 1.91. The zero-order chi connectivity index (χ0) is 18.8. The molecule has 1 aliphatic rings. The van der Waals surface area contributed by atoms with Crippen molar-refractivity contribution < 1.29 is 4.92 Å². The molecule has 27 heavy (non-hydrogen) atoms. The Kier molecular flexibility index (Phi) is 4.91. The Morgan fingerprint density at radius 2 is 2.04 bits per heavy atom. The second kappa shape index (κ2) is 7.50. The van der Waals surface area contributed by atoms with Crippen LogP contribution in [-0.2, 0) is 6.54 Å². The molecule has 9 heteroatoms. The minimum Gasteiger partial charge on any atom is -0.350 e. The van der Waals surface area contributed by atoms with Gasteiger partial charge in [0.15, 0.2) is 0 Å².